The number of carbonyl (C=O) groups excluding carboxylic acids is 1. The largest absolute Gasteiger partial charge is 0.373 e. The predicted octanol–water partition coefficient (Wildman–Crippen LogP) is 0.922. The minimum absolute atomic E-state index is 0.0625. The third kappa shape index (κ3) is 1.64. The van der Waals surface area contributed by atoms with Crippen molar-refractivity contribution in [3.63, 3.8) is 0 Å². The molecule has 1 rings (SSSR count). The lowest BCUT2D eigenvalue weighted by Crippen LogP contribution is -2.05. The van der Waals surface area contributed by atoms with Crippen LogP contribution >= 0.6 is 0 Å². The van der Waals surface area contributed by atoms with Crippen molar-refractivity contribution in [1.29, 1.82) is 0 Å². The molecule has 0 saturated carbocycles. The van der Waals surface area contributed by atoms with E-state index in [-0.39, 0.29) is 12.4 Å². The van der Waals surface area contributed by atoms with Crippen LogP contribution in [0.4, 0.5) is 0 Å². The van der Waals surface area contributed by atoms with Gasteiger partial charge in [0.15, 0.2) is 5.78 Å². The van der Waals surface area contributed by atoms with Crippen molar-refractivity contribution in [2.75, 3.05) is 13.2 Å². The molecule has 1 saturated heterocycles. The first-order valence-corrected chi connectivity index (χ1v) is 3.09. The normalized spacial score (nSPS) is 21.8. The molecule has 0 atom stereocenters. The van der Waals surface area contributed by atoms with Crippen LogP contribution in [0.25, 0.3) is 0 Å². The fraction of sp³-hybridized carbons (Fsp3) is 0.571. The van der Waals surface area contributed by atoms with Crippen molar-refractivity contribution >= 4 is 5.78 Å². The van der Waals surface area contributed by atoms with Crippen molar-refractivity contribution in [2.45, 2.75) is 12.8 Å². The minimum atomic E-state index is 0.0625. The second kappa shape index (κ2) is 2.78. The van der Waals surface area contributed by atoms with E-state index in [9.17, 15) is 4.79 Å². The quantitative estimate of drug-likeness (QED) is 0.451. The molecule has 50 valence electrons. The maximum atomic E-state index is 10.8. The van der Waals surface area contributed by atoms with Gasteiger partial charge in [-0.15, -0.1) is 0 Å². The van der Waals surface area contributed by atoms with Gasteiger partial charge in [-0.05, 0) is 18.4 Å². The Bertz CT molecular complexity index is 122. The molecule has 0 radical (unpaired) electrons. The van der Waals surface area contributed by atoms with Crippen LogP contribution in [-0.2, 0) is 9.53 Å². The summed E-state index contributed by atoms with van der Waals surface area (Å²) in [6, 6.07) is 0. The number of hydrogen-bond acceptors (Lipinski definition) is 2. The highest BCUT2D eigenvalue weighted by molar-refractivity contribution is 5.95. The van der Waals surface area contributed by atoms with Crippen LogP contribution in [0.2, 0.25) is 0 Å². The van der Waals surface area contributed by atoms with Crippen LogP contribution in [0.3, 0.4) is 0 Å². The highest BCUT2D eigenvalue weighted by atomic mass is 16.5. The number of ketones is 1. The van der Waals surface area contributed by atoms with Gasteiger partial charge < -0.3 is 4.74 Å². The molecule has 0 amide bonds. The van der Waals surface area contributed by atoms with E-state index in [1.165, 1.54) is 0 Å². The third-order valence-corrected chi connectivity index (χ3v) is 1.39. The van der Waals surface area contributed by atoms with Crippen LogP contribution in [0.1, 0.15) is 12.8 Å². The first-order valence-electron chi connectivity index (χ1n) is 3.09. The third-order valence-electron chi connectivity index (χ3n) is 1.39. The second-order valence-corrected chi connectivity index (χ2v) is 2.18. The average molecular weight is 126 g/mol. The average Bonchev–Trinajstić information content (AvgIpc) is 1.99. The molecule has 0 bridgehead atoms. The van der Waals surface area contributed by atoms with Gasteiger partial charge in [0.05, 0.1) is 0 Å². The Morgan fingerprint density at radius 2 is 2.33 bits per heavy atom. The lowest BCUT2D eigenvalue weighted by molar-refractivity contribution is -0.119. The first kappa shape index (κ1) is 6.49. The fourth-order valence-electron chi connectivity index (χ4n) is 0.794. The van der Waals surface area contributed by atoms with Gasteiger partial charge in [-0.3, -0.25) is 4.79 Å². The summed E-state index contributed by atoms with van der Waals surface area (Å²) in [5.74, 6) is 0.0625. The Labute approximate surface area is 54.5 Å². The van der Waals surface area contributed by atoms with Gasteiger partial charge in [0, 0.05) is 6.61 Å². The van der Waals surface area contributed by atoms with Gasteiger partial charge in [0.1, 0.15) is 6.61 Å². The van der Waals surface area contributed by atoms with Crippen molar-refractivity contribution in [2.24, 2.45) is 0 Å². The van der Waals surface area contributed by atoms with Gasteiger partial charge >= 0.3 is 0 Å². The maximum Gasteiger partial charge on any atom is 0.183 e. The molecular weight excluding hydrogens is 116 g/mol. The maximum absolute atomic E-state index is 10.8. The highest BCUT2D eigenvalue weighted by Gasteiger charge is 2.10. The van der Waals surface area contributed by atoms with Crippen molar-refractivity contribution in [3.05, 3.63) is 12.2 Å². The van der Waals surface area contributed by atoms with Crippen LogP contribution < -0.4 is 0 Å². The Kier molecular flexibility index (Phi) is 2.01. The zero-order valence-electron chi connectivity index (χ0n) is 5.35. The zero-order chi connectivity index (χ0) is 6.69. The molecule has 0 unspecified atom stereocenters. The number of hydrogen-bond donors (Lipinski definition) is 0. The van der Waals surface area contributed by atoms with Crippen LogP contribution in [-0.4, -0.2) is 19.0 Å². The molecule has 2 nitrogen and oxygen atoms in total. The Balaban J connectivity index is 2.51. The van der Waals surface area contributed by atoms with Crippen LogP contribution in [0, 0.1) is 0 Å². The van der Waals surface area contributed by atoms with Gasteiger partial charge in [-0.2, -0.15) is 0 Å². The van der Waals surface area contributed by atoms with E-state index in [4.69, 9.17) is 4.74 Å². The van der Waals surface area contributed by atoms with E-state index in [0.29, 0.717) is 12.2 Å². The second-order valence-electron chi connectivity index (χ2n) is 2.18. The Morgan fingerprint density at radius 3 is 3.11 bits per heavy atom. The first-order chi connectivity index (χ1) is 4.30. The molecule has 1 aliphatic heterocycles. The number of Topliss-reactive ketones (excluding diaryl/α,β-unsaturated/α-hetero) is 1. The molecule has 9 heavy (non-hydrogen) atoms. The standard InChI is InChI=1S/C7H10O2/c1-6-3-2-4-9-5-7(6)8/h1-5H2. The molecule has 0 aromatic rings. The van der Waals surface area contributed by atoms with Gasteiger partial charge in [0.25, 0.3) is 0 Å². The molecule has 0 spiro atoms. The number of rotatable bonds is 0. The molecule has 0 aromatic heterocycles. The topological polar surface area (TPSA) is 26.3 Å². The lowest BCUT2D eigenvalue weighted by Gasteiger charge is -1.93. The van der Waals surface area contributed by atoms with Crippen molar-refractivity contribution in [3.8, 4) is 0 Å². The van der Waals surface area contributed by atoms with Gasteiger partial charge in [-0.1, -0.05) is 6.58 Å². The molecule has 1 heterocycles. The summed E-state index contributed by atoms with van der Waals surface area (Å²) in [6.07, 6.45) is 1.74. The molecular formula is C7H10O2. The lowest BCUT2D eigenvalue weighted by atomic mass is 10.1. The SMILES string of the molecule is C=C1CCCOCC1=O. The summed E-state index contributed by atoms with van der Waals surface area (Å²) in [4.78, 5) is 10.8. The van der Waals surface area contributed by atoms with E-state index in [0.717, 1.165) is 12.8 Å². The summed E-state index contributed by atoms with van der Waals surface area (Å²) >= 11 is 0. The number of carbonyl (C=O) groups is 1. The molecule has 0 aromatic carbocycles. The van der Waals surface area contributed by atoms with Crippen LogP contribution in [0.5, 0.6) is 0 Å². The summed E-state index contributed by atoms with van der Waals surface area (Å²) in [5.41, 5.74) is 0.715. The van der Waals surface area contributed by atoms with E-state index in [1.807, 2.05) is 0 Å². The van der Waals surface area contributed by atoms with E-state index in [1.54, 1.807) is 0 Å². The molecule has 1 aliphatic rings. The summed E-state index contributed by atoms with van der Waals surface area (Å²) in [6.45, 7) is 4.56. The fourth-order valence-corrected chi connectivity index (χ4v) is 0.794. The zero-order valence-corrected chi connectivity index (χ0v) is 5.35. The predicted molar refractivity (Wildman–Crippen MR) is 34.2 cm³/mol. The Hall–Kier alpha value is -0.630. The monoisotopic (exact) mass is 126 g/mol. The summed E-state index contributed by atoms with van der Waals surface area (Å²) in [7, 11) is 0. The van der Waals surface area contributed by atoms with Gasteiger partial charge in [-0.25, -0.2) is 0 Å². The molecule has 2 heteroatoms. The van der Waals surface area contributed by atoms with Crippen molar-refractivity contribution < 1.29 is 9.53 Å². The molecule has 0 N–H and O–H groups in total. The van der Waals surface area contributed by atoms with E-state index >= 15 is 0 Å². The molecule has 1 fully saturated rings. The summed E-state index contributed by atoms with van der Waals surface area (Å²) < 4.78 is 4.97. The molecule has 0 aliphatic carbocycles. The summed E-state index contributed by atoms with van der Waals surface area (Å²) in [5, 5.41) is 0. The van der Waals surface area contributed by atoms with E-state index in [2.05, 4.69) is 6.58 Å². The van der Waals surface area contributed by atoms with Crippen LogP contribution in [0.15, 0.2) is 12.2 Å². The Morgan fingerprint density at radius 1 is 1.56 bits per heavy atom. The number of ether oxygens (including phenoxy) is 1. The van der Waals surface area contributed by atoms with E-state index < -0.39 is 0 Å². The minimum Gasteiger partial charge on any atom is -0.373 e. The smallest absolute Gasteiger partial charge is 0.183 e. The van der Waals surface area contributed by atoms with Crippen molar-refractivity contribution in [1.82, 2.24) is 0 Å². The highest BCUT2D eigenvalue weighted by Crippen LogP contribution is 2.07. The van der Waals surface area contributed by atoms with Gasteiger partial charge in [0.2, 0.25) is 0 Å².